The number of carbonyl (C=O) groups is 1. The van der Waals surface area contributed by atoms with Crippen molar-refractivity contribution in [2.24, 2.45) is 0 Å². The molecule has 1 aromatic carbocycles. The molecule has 6 heteroatoms. The predicted octanol–water partition coefficient (Wildman–Crippen LogP) is 4.06. The SMILES string of the molecule is Cc1cc(Br)ccc1NC(=O)CCc1c(C)nn(CCC#N)c1C. The quantitative estimate of drug-likeness (QED) is 0.810. The van der Waals surface area contributed by atoms with Gasteiger partial charge in [0.15, 0.2) is 0 Å². The predicted molar refractivity (Wildman–Crippen MR) is 97.8 cm³/mol. The van der Waals surface area contributed by atoms with E-state index in [4.69, 9.17) is 5.26 Å². The van der Waals surface area contributed by atoms with Gasteiger partial charge in [-0.15, -0.1) is 0 Å². The van der Waals surface area contributed by atoms with E-state index in [2.05, 4.69) is 32.4 Å². The lowest BCUT2D eigenvalue weighted by molar-refractivity contribution is -0.116. The number of aromatic nitrogens is 2. The summed E-state index contributed by atoms with van der Waals surface area (Å²) < 4.78 is 2.85. The van der Waals surface area contributed by atoms with Crippen LogP contribution in [0.4, 0.5) is 5.69 Å². The van der Waals surface area contributed by atoms with Crippen molar-refractivity contribution in [1.29, 1.82) is 5.26 Å². The third kappa shape index (κ3) is 4.45. The average molecular weight is 389 g/mol. The average Bonchev–Trinajstić information content (AvgIpc) is 2.80. The molecule has 0 saturated carbocycles. The van der Waals surface area contributed by atoms with Crippen LogP contribution in [-0.2, 0) is 17.8 Å². The molecule has 1 N–H and O–H groups in total. The van der Waals surface area contributed by atoms with E-state index in [0.717, 1.165) is 32.7 Å². The van der Waals surface area contributed by atoms with Crippen molar-refractivity contribution < 1.29 is 4.79 Å². The standard InChI is InChI=1S/C18H21BrN4O/c1-12-11-15(19)5-7-17(12)21-18(24)8-6-16-13(2)22-23(14(16)3)10-4-9-20/h5,7,11H,4,6,8,10H2,1-3H3,(H,21,24). The van der Waals surface area contributed by atoms with Crippen LogP contribution in [0, 0.1) is 32.1 Å². The smallest absolute Gasteiger partial charge is 0.224 e. The van der Waals surface area contributed by atoms with Crippen LogP contribution >= 0.6 is 15.9 Å². The highest BCUT2D eigenvalue weighted by molar-refractivity contribution is 9.10. The number of rotatable bonds is 6. The maximum absolute atomic E-state index is 12.2. The summed E-state index contributed by atoms with van der Waals surface area (Å²) in [6.45, 7) is 6.49. The van der Waals surface area contributed by atoms with Crippen LogP contribution in [0.1, 0.15) is 35.4 Å². The summed E-state index contributed by atoms with van der Waals surface area (Å²) in [5.74, 6) is -0.0102. The zero-order valence-corrected chi connectivity index (χ0v) is 15.8. The van der Waals surface area contributed by atoms with Crippen molar-refractivity contribution in [2.75, 3.05) is 5.32 Å². The first-order chi connectivity index (χ1) is 11.4. The Kier molecular flexibility index (Phi) is 6.16. The second-order valence-corrected chi connectivity index (χ2v) is 6.70. The highest BCUT2D eigenvalue weighted by Crippen LogP contribution is 2.21. The number of anilines is 1. The Bertz CT molecular complexity index is 789. The molecule has 0 aliphatic rings. The van der Waals surface area contributed by atoms with E-state index in [1.807, 2.05) is 43.7 Å². The number of amides is 1. The Morgan fingerprint density at radius 2 is 2.12 bits per heavy atom. The molecule has 2 aromatic rings. The van der Waals surface area contributed by atoms with E-state index in [0.29, 0.717) is 25.8 Å². The number of hydrogen-bond acceptors (Lipinski definition) is 3. The Morgan fingerprint density at radius 3 is 2.79 bits per heavy atom. The molecule has 0 unspecified atom stereocenters. The van der Waals surface area contributed by atoms with Crippen molar-refractivity contribution in [3.63, 3.8) is 0 Å². The molecule has 24 heavy (non-hydrogen) atoms. The van der Waals surface area contributed by atoms with E-state index in [1.165, 1.54) is 0 Å². The fourth-order valence-electron chi connectivity index (χ4n) is 2.69. The van der Waals surface area contributed by atoms with Crippen LogP contribution in [0.25, 0.3) is 0 Å². The van der Waals surface area contributed by atoms with E-state index in [9.17, 15) is 4.79 Å². The third-order valence-electron chi connectivity index (χ3n) is 4.03. The number of nitriles is 1. The molecule has 126 valence electrons. The lowest BCUT2D eigenvalue weighted by atomic mass is 10.1. The fourth-order valence-corrected chi connectivity index (χ4v) is 3.16. The molecule has 0 aliphatic heterocycles. The van der Waals surface area contributed by atoms with E-state index in [1.54, 1.807) is 0 Å². The monoisotopic (exact) mass is 388 g/mol. The molecule has 0 spiro atoms. The third-order valence-corrected chi connectivity index (χ3v) is 4.52. The van der Waals surface area contributed by atoms with Gasteiger partial charge in [-0.1, -0.05) is 15.9 Å². The van der Waals surface area contributed by atoms with Crippen molar-refractivity contribution in [1.82, 2.24) is 9.78 Å². The Balaban J connectivity index is 1.99. The van der Waals surface area contributed by atoms with Gasteiger partial charge in [-0.25, -0.2) is 0 Å². The highest BCUT2D eigenvalue weighted by Gasteiger charge is 2.13. The van der Waals surface area contributed by atoms with Crippen LogP contribution in [0.15, 0.2) is 22.7 Å². The van der Waals surface area contributed by atoms with Crippen LogP contribution in [0.5, 0.6) is 0 Å². The Labute approximate surface area is 150 Å². The number of hydrogen-bond donors (Lipinski definition) is 1. The molecular weight excluding hydrogens is 368 g/mol. The summed E-state index contributed by atoms with van der Waals surface area (Å²) >= 11 is 3.42. The molecule has 0 fully saturated rings. The topological polar surface area (TPSA) is 70.7 Å². The van der Waals surface area contributed by atoms with E-state index >= 15 is 0 Å². The van der Waals surface area contributed by atoms with Crippen molar-refractivity contribution >= 4 is 27.5 Å². The summed E-state index contributed by atoms with van der Waals surface area (Å²) in [6.07, 6.45) is 1.48. The molecule has 0 saturated heterocycles. The zero-order valence-electron chi connectivity index (χ0n) is 14.2. The fraction of sp³-hybridized carbons (Fsp3) is 0.389. The molecule has 2 rings (SSSR count). The summed E-state index contributed by atoms with van der Waals surface area (Å²) in [6, 6.07) is 7.92. The van der Waals surface area contributed by atoms with Crippen LogP contribution < -0.4 is 5.32 Å². The summed E-state index contributed by atoms with van der Waals surface area (Å²) in [5.41, 5.74) is 4.92. The minimum Gasteiger partial charge on any atom is -0.326 e. The number of halogens is 1. The number of aryl methyl sites for hydroxylation is 3. The molecule has 1 heterocycles. The van der Waals surface area contributed by atoms with Gasteiger partial charge >= 0.3 is 0 Å². The van der Waals surface area contributed by atoms with E-state index < -0.39 is 0 Å². The molecule has 0 radical (unpaired) electrons. The van der Waals surface area contributed by atoms with Crippen LogP contribution in [0.3, 0.4) is 0 Å². The normalized spacial score (nSPS) is 10.5. The molecule has 0 bridgehead atoms. The number of carbonyl (C=O) groups excluding carboxylic acids is 1. The summed E-state index contributed by atoms with van der Waals surface area (Å²) in [7, 11) is 0. The molecule has 1 amide bonds. The lowest BCUT2D eigenvalue weighted by Gasteiger charge is -2.09. The van der Waals surface area contributed by atoms with Crippen LogP contribution in [-0.4, -0.2) is 15.7 Å². The molecule has 0 aliphatic carbocycles. The Hall–Kier alpha value is -2.13. The van der Waals surface area contributed by atoms with Crippen molar-refractivity contribution in [2.45, 2.75) is 46.6 Å². The molecule has 5 nitrogen and oxygen atoms in total. The van der Waals surface area contributed by atoms with Gasteiger partial charge in [0.25, 0.3) is 0 Å². The minimum atomic E-state index is -0.0102. The summed E-state index contributed by atoms with van der Waals surface area (Å²) in [5, 5.41) is 16.1. The van der Waals surface area contributed by atoms with Gasteiger partial charge in [0, 0.05) is 22.3 Å². The first kappa shape index (κ1) is 18.2. The van der Waals surface area contributed by atoms with Gasteiger partial charge in [0.1, 0.15) is 0 Å². The molecular formula is C18H21BrN4O. The van der Waals surface area contributed by atoms with Gasteiger partial charge in [0.2, 0.25) is 5.91 Å². The van der Waals surface area contributed by atoms with Gasteiger partial charge in [-0.2, -0.15) is 10.4 Å². The second kappa shape index (κ2) is 8.11. The maximum atomic E-state index is 12.2. The van der Waals surface area contributed by atoms with Gasteiger partial charge in [0.05, 0.1) is 24.7 Å². The second-order valence-electron chi connectivity index (χ2n) is 5.79. The van der Waals surface area contributed by atoms with Gasteiger partial charge in [-0.3, -0.25) is 9.48 Å². The van der Waals surface area contributed by atoms with E-state index in [-0.39, 0.29) is 5.91 Å². The minimum absolute atomic E-state index is 0.0102. The van der Waals surface area contributed by atoms with Gasteiger partial charge in [-0.05, 0) is 56.5 Å². The number of nitrogens with one attached hydrogen (secondary N) is 1. The molecule has 1 aromatic heterocycles. The number of nitrogens with zero attached hydrogens (tertiary/aromatic N) is 3. The number of benzene rings is 1. The summed E-state index contributed by atoms with van der Waals surface area (Å²) in [4.78, 5) is 12.2. The highest BCUT2D eigenvalue weighted by atomic mass is 79.9. The van der Waals surface area contributed by atoms with Gasteiger partial charge < -0.3 is 5.32 Å². The van der Waals surface area contributed by atoms with Crippen LogP contribution in [0.2, 0.25) is 0 Å². The first-order valence-corrected chi connectivity index (χ1v) is 8.67. The van der Waals surface area contributed by atoms with Crippen molar-refractivity contribution in [3.8, 4) is 6.07 Å². The molecule has 0 atom stereocenters. The first-order valence-electron chi connectivity index (χ1n) is 7.88. The Morgan fingerprint density at radius 1 is 1.38 bits per heavy atom. The maximum Gasteiger partial charge on any atom is 0.224 e. The zero-order chi connectivity index (χ0) is 17.7. The lowest BCUT2D eigenvalue weighted by Crippen LogP contribution is -2.13. The largest absolute Gasteiger partial charge is 0.326 e. The van der Waals surface area contributed by atoms with Crippen molar-refractivity contribution in [3.05, 3.63) is 45.2 Å².